The fourth-order valence-electron chi connectivity index (χ4n) is 3.01. The highest BCUT2D eigenvalue weighted by Gasteiger charge is 2.17. The molecule has 0 amide bonds. The van der Waals surface area contributed by atoms with Crippen LogP contribution in [0.4, 0.5) is 31.5 Å². The van der Waals surface area contributed by atoms with Crippen LogP contribution in [0.2, 0.25) is 0 Å². The van der Waals surface area contributed by atoms with Crippen LogP contribution in [0, 0.1) is 11.6 Å². The first-order valence-corrected chi connectivity index (χ1v) is 9.15. The normalized spacial score (nSPS) is 13.0. The van der Waals surface area contributed by atoms with Crippen molar-refractivity contribution in [2.45, 2.75) is 12.8 Å². The van der Waals surface area contributed by atoms with Crippen molar-refractivity contribution in [1.29, 1.82) is 0 Å². The molecule has 4 nitrogen and oxygen atoms in total. The quantitative estimate of drug-likeness (QED) is 0.425. The number of benzene rings is 3. The van der Waals surface area contributed by atoms with Crippen LogP contribution in [-0.4, -0.2) is 18.2 Å². The molecule has 0 aliphatic carbocycles. The molecule has 1 aliphatic rings. The zero-order valence-corrected chi connectivity index (χ0v) is 15.4. The summed E-state index contributed by atoms with van der Waals surface area (Å²) in [7, 11) is 0. The summed E-state index contributed by atoms with van der Waals surface area (Å²) in [5.41, 5.74) is 7.09. The monoisotopic (exact) mass is 383 g/mol. The lowest BCUT2D eigenvalue weighted by molar-refractivity contribution is 0.398. The highest BCUT2D eigenvalue weighted by atomic mass is 19.1. The third-order valence-corrected chi connectivity index (χ3v) is 4.50. The van der Waals surface area contributed by atoms with Gasteiger partial charge in [0.2, 0.25) is 0 Å². The Morgan fingerprint density at radius 1 is 0.893 bits per heavy atom. The standard InChI is InChI=1S/C16H17F2N3O.C6H6/c17-12-9-13(19)15(14(18)16(12)22)20-10-3-5-11(6-4-10)21-7-1-2-8-21;1-2-4-6-5-3-1/h3-6,9,20,22H,1-2,7-8,19H2;1-6H. The van der Waals surface area contributed by atoms with Crippen molar-refractivity contribution < 1.29 is 13.9 Å². The number of nitrogen functional groups attached to an aromatic ring is 1. The number of halogens is 2. The topological polar surface area (TPSA) is 61.5 Å². The smallest absolute Gasteiger partial charge is 0.193 e. The van der Waals surface area contributed by atoms with Gasteiger partial charge in [0, 0.05) is 30.5 Å². The van der Waals surface area contributed by atoms with E-state index in [1.807, 2.05) is 48.5 Å². The number of hydrogen-bond donors (Lipinski definition) is 3. The summed E-state index contributed by atoms with van der Waals surface area (Å²) in [5.74, 6) is -3.21. The van der Waals surface area contributed by atoms with Crippen molar-refractivity contribution in [2.75, 3.05) is 29.0 Å². The summed E-state index contributed by atoms with van der Waals surface area (Å²) >= 11 is 0. The van der Waals surface area contributed by atoms with Gasteiger partial charge in [-0.25, -0.2) is 8.78 Å². The zero-order chi connectivity index (χ0) is 19.9. The van der Waals surface area contributed by atoms with E-state index in [0.29, 0.717) is 5.69 Å². The Morgan fingerprint density at radius 2 is 1.43 bits per heavy atom. The molecule has 3 aromatic carbocycles. The lowest BCUT2D eigenvalue weighted by atomic mass is 10.2. The summed E-state index contributed by atoms with van der Waals surface area (Å²) in [6.07, 6.45) is 2.38. The van der Waals surface area contributed by atoms with Gasteiger partial charge in [-0.1, -0.05) is 36.4 Å². The van der Waals surface area contributed by atoms with Gasteiger partial charge in [-0.3, -0.25) is 0 Å². The first-order chi connectivity index (χ1) is 13.6. The predicted octanol–water partition coefficient (Wildman–Crippen LogP) is 5.28. The van der Waals surface area contributed by atoms with Crippen LogP contribution in [0.15, 0.2) is 66.7 Å². The van der Waals surface area contributed by atoms with Gasteiger partial charge in [0.15, 0.2) is 17.4 Å². The van der Waals surface area contributed by atoms with Gasteiger partial charge in [0.1, 0.15) is 5.69 Å². The third-order valence-electron chi connectivity index (χ3n) is 4.50. The second-order valence-corrected chi connectivity index (χ2v) is 6.51. The summed E-state index contributed by atoms with van der Waals surface area (Å²) in [6, 6.07) is 20.4. The molecule has 6 heteroatoms. The number of nitrogens with one attached hydrogen (secondary N) is 1. The minimum Gasteiger partial charge on any atom is -0.503 e. The maximum Gasteiger partial charge on any atom is 0.193 e. The fraction of sp³-hybridized carbons (Fsp3) is 0.182. The molecular weight excluding hydrogens is 360 g/mol. The number of nitrogens with zero attached hydrogens (tertiary/aromatic N) is 1. The van der Waals surface area contributed by atoms with Gasteiger partial charge >= 0.3 is 0 Å². The van der Waals surface area contributed by atoms with Crippen molar-refractivity contribution in [3.05, 3.63) is 78.4 Å². The molecule has 0 atom stereocenters. The second kappa shape index (κ2) is 9.08. The van der Waals surface area contributed by atoms with Crippen molar-refractivity contribution in [3.63, 3.8) is 0 Å². The number of phenols is 1. The van der Waals surface area contributed by atoms with Gasteiger partial charge in [-0.15, -0.1) is 0 Å². The van der Waals surface area contributed by atoms with E-state index >= 15 is 0 Å². The minimum absolute atomic E-state index is 0.101. The molecule has 0 unspecified atom stereocenters. The summed E-state index contributed by atoms with van der Waals surface area (Å²) in [5, 5.41) is 12.1. The van der Waals surface area contributed by atoms with Gasteiger partial charge in [-0.2, -0.15) is 0 Å². The summed E-state index contributed by atoms with van der Waals surface area (Å²) in [4.78, 5) is 2.28. The van der Waals surface area contributed by atoms with Crippen LogP contribution < -0.4 is 16.0 Å². The maximum atomic E-state index is 13.9. The number of hydrogen-bond acceptors (Lipinski definition) is 4. The molecule has 1 heterocycles. The van der Waals surface area contributed by atoms with E-state index in [4.69, 9.17) is 5.73 Å². The Hall–Kier alpha value is -3.28. The highest BCUT2D eigenvalue weighted by Crippen LogP contribution is 2.34. The van der Waals surface area contributed by atoms with E-state index in [2.05, 4.69) is 10.2 Å². The van der Waals surface area contributed by atoms with Crippen LogP contribution in [-0.2, 0) is 0 Å². The molecule has 0 bridgehead atoms. The second-order valence-electron chi connectivity index (χ2n) is 6.51. The molecule has 4 rings (SSSR count). The van der Waals surface area contributed by atoms with Crippen LogP contribution in [0.3, 0.4) is 0 Å². The number of rotatable bonds is 3. The molecule has 0 saturated carbocycles. The first-order valence-electron chi connectivity index (χ1n) is 9.15. The van der Waals surface area contributed by atoms with E-state index in [1.54, 1.807) is 12.1 Å². The van der Waals surface area contributed by atoms with E-state index in [9.17, 15) is 13.9 Å². The Kier molecular flexibility index (Phi) is 6.32. The van der Waals surface area contributed by atoms with Crippen LogP contribution in [0.25, 0.3) is 0 Å². The average molecular weight is 383 g/mol. The van der Waals surface area contributed by atoms with Crippen molar-refractivity contribution in [2.24, 2.45) is 0 Å². The molecular formula is C22H23F2N3O. The Bertz CT molecular complexity index is 869. The van der Waals surface area contributed by atoms with E-state index < -0.39 is 17.4 Å². The zero-order valence-electron chi connectivity index (χ0n) is 15.4. The van der Waals surface area contributed by atoms with E-state index in [-0.39, 0.29) is 11.4 Å². The largest absolute Gasteiger partial charge is 0.503 e. The molecule has 0 spiro atoms. The fourth-order valence-corrected chi connectivity index (χ4v) is 3.01. The lowest BCUT2D eigenvalue weighted by Crippen LogP contribution is -2.17. The van der Waals surface area contributed by atoms with Crippen molar-refractivity contribution in [1.82, 2.24) is 0 Å². The SMILES string of the molecule is Nc1cc(F)c(O)c(F)c1Nc1ccc(N2CCCC2)cc1.c1ccccc1. The number of aromatic hydroxyl groups is 1. The van der Waals surface area contributed by atoms with Crippen LogP contribution in [0.5, 0.6) is 5.75 Å². The third kappa shape index (κ3) is 4.71. The van der Waals surface area contributed by atoms with Gasteiger partial charge in [-0.05, 0) is 37.1 Å². The number of phenolic OH excluding ortho intramolecular Hbond substituents is 1. The number of anilines is 4. The molecule has 1 fully saturated rings. The van der Waals surface area contributed by atoms with Crippen LogP contribution in [0.1, 0.15) is 12.8 Å². The predicted molar refractivity (Wildman–Crippen MR) is 110 cm³/mol. The van der Waals surface area contributed by atoms with E-state index in [0.717, 1.165) is 24.8 Å². The Labute approximate surface area is 163 Å². The van der Waals surface area contributed by atoms with Crippen LogP contribution >= 0.6 is 0 Å². The summed E-state index contributed by atoms with van der Waals surface area (Å²) in [6.45, 7) is 2.08. The molecule has 28 heavy (non-hydrogen) atoms. The van der Waals surface area contributed by atoms with Gasteiger partial charge in [0.25, 0.3) is 0 Å². The number of nitrogens with two attached hydrogens (primary N) is 1. The molecule has 1 saturated heterocycles. The molecule has 4 N–H and O–H groups in total. The lowest BCUT2D eigenvalue weighted by Gasteiger charge is -2.18. The molecule has 146 valence electrons. The average Bonchev–Trinajstić information content (AvgIpc) is 3.27. The Balaban J connectivity index is 0.000000320. The molecule has 1 aliphatic heterocycles. The Morgan fingerprint density at radius 3 is 1.96 bits per heavy atom. The molecule has 3 aromatic rings. The van der Waals surface area contributed by atoms with Gasteiger partial charge < -0.3 is 21.1 Å². The molecule has 0 aromatic heterocycles. The molecule has 0 radical (unpaired) electrons. The maximum absolute atomic E-state index is 13.9. The highest BCUT2D eigenvalue weighted by molar-refractivity contribution is 5.75. The summed E-state index contributed by atoms with van der Waals surface area (Å²) < 4.78 is 27.1. The first kappa shape index (κ1) is 19.5. The van der Waals surface area contributed by atoms with Gasteiger partial charge in [0.05, 0.1) is 5.69 Å². The van der Waals surface area contributed by atoms with E-state index in [1.165, 1.54) is 12.8 Å². The van der Waals surface area contributed by atoms with Crippen molar-refractivity contribution in [3.8, 4) is 5.75 Å². The minimum atomic E-state index is -1.10. The van der Waals surface area contributed by atoms with Crippen molar-refractivity contribution >= 4 is 22.7 Å².